The molecule has 1 heterocycles. The maximum atomic E-state index is 13.6. The molecule has 1 N–H and O–H groups in total. The summed E-state index contributed by atoms with van der Waals surface area (Å²) in [5, 5.41) is 10.5. The van der Waals surface area contributed by atoms with Crippen LogP contribution in [0, 0.1) is 52.3 Å². The first kappa shape index (κ1) is 25.4. The summed E-state index contributed by atoms with van der Waals surface area (Å²) in [7, 11) is 0. The van der Waals surface area contributed by atoms with Crippen LogP contribution in [-0.4, -0.2) is 40.8 Å². The fourth-order valence-corrected chi connectivity index (χ4v) is 9.50. The van der Waals surface area contributed by atoms with Crippen molar-refractivity contribution >= 4 is 11.8 Å². The molecular weight excluding hydrogens is 440 g/mol. The van der Waals surface area contributed by atoms with Crippen molar-refractivity contribution in [1.29, 1.82) is 0 Å². The van der Waals surface area contributed by atoms with Gasteiger partial charge in [-0.3, -0.25) is 9.59 Å². The summed E-state index contributed by atoms with van der Waals surface area (Å²) >= 11 is 0. The smallest absolute Gasteiger partial charge is 0.302 e. The van der Waals surface area contributed by atoms with Crippen molar-refractivity contribution in [2.75, 3.05) is 0 Å². The van der Waals surface area contributed by atoms with Gasteiger partial charge in [0.2, 0.25) is 0 Å². The molecule has 196 valence electrons. The number of hydrogen-bond donors (Lipinski definition) is 1. The van der Waals surface area contributed by atoms with Gasteiger partial charge in [0.15, 0.2) is 0 Å². The van der Waals surface area contributed by atoms with Crippen molar-refractivity contribution < 1.29 is 24.2 Å². The van der Waals surface area contributed by atoms with Gasteiger partial charge in [0, 0.05) is 25.7 Å². The average Bonchev–Trinajstić information content (AvgIpc) is 3.34. The van der Waals surface area contributed by atoms with Crippen LogP contribution in [0.5, 0.6) is 0 Å². The van der Waals surface area contributed by atoms with E-state index in [1.165, 1.54) is 19.8 Å². The maximum absolute atomic E-state index is 13.6. The van der Waals surface area contributed by atoms with E-state index in [9.17, 15) is 14.7 Å². The van der Waals surface area contributed by atoms with E-state index in [-0.39, 0.29) is 41.7 Å². The van der Waals surface area contributed by atoms with E-state index in [0.29, 0.717) is 41.9 Å². The topological polar surface area (TPSA) is 76.1 Å². The number of ether oxygens (including phenoxy) is 2. The Labute approximate surface area is 211 Å². The Kier molecular flexibility index (Phi) is 6.12. The predicted molar refractivity (Wildman–Crippen MR) is 134 cm³/mol. The van der Waals surface area contributed by atoms with Gasteiger partial charge in [0.25, 0.3) is 0 Å². The van der Waals surface area contributed by atoms with Gasteiger partial charge in [-0.15, -0.1) is 0 Å². The molecule has 0 radical (unpaired) electrons. The monoisotopic (exact) mass is 486 g/mol. The van der Waals surface area contributed by atoms with Crippen LogP contribution in [0.1, 0.15) is 87.0 Å². The number of esters is 1. The summed E-state index contributed by atoms with van der Waals surface area (Å²) in [6.07, 6.45) is 8.73. The Bertz CT molecular complexity index is 910. The number of aliphatic hydroxyl groups excluding tert-OH is 1. The number of aliphatic hydroxyl groups is 1. The Balaban J connectivity index is 1.49. The molecule has 5 nitrogen and oxygen atoms in total. The molecule has 5 aliphatic rings. The second-order valence-corrected chi connectivity index (χ2v) is 13.6. The SMILES string of the molecule is CC(=O)OC1C[C@@]2(C)C(CC[C@@H]2C(C)/C=C/C(C)C(C)C)[C@@H]2C[C@H]3O[C@]34C[C@@H](O)CC(=O)[C@]4(C)C12. The van der Waals surface area contributed by atoms with Crippen molar-refractivity contribution in [2.24, 2.45) is 52.3 Å². The molecule has 5 fully saturated rings. The summed E-state index contributed by atoms with van der Waals surface area (Å²) in [4.78, 5) is 26.0. The van der Waals surface area contributed by atoms with E-state index in [4.69, 9.17) is 9.47 Å². The number of Topliss-reactive ketones (excluding diaryl/α,β-unsaturated/α-hetero) is 1. The molecule has 12 atom stereocenters. The fraction of sp³-hybridized carbons (Fsp3) is 0.867. The molecule has 1 spiro atoms. The summed E-state index contributed by atoms with van der Waals surface area (Å²) < 4.78 is 12.5. The molecule has 0 bridgehead atoms. The lowest BCUT2D eigenvalue weighted by Crippen LogP contribution is -2.66. The zero-order valence-corrected chi connectivity index (χ0v) is 22.8. The number of fused-ring (bicyclic) bond motifs is 4. The van der Waals surface area contributed by atoms with Crippen LogP contribution in [0.2, 0.25) is 0 Å². The summed E-state index contributed by atoms with van der Waals surface area (Å²) in [5.74, 6) is 2.79. The van der Waals surface area contributed by atoms with Crippen molar-refractivity contribution in [1.82, 2.24) is 0 Å². The minimum Gasteiger partial charge on any atom is -0.462 e. The number of carbonyl (C=O) groups is 2. The predicted octanol–water partition coefficient (Wildman–Crippen LogP) is 5.34. The summed E-state index contributed by atoms with van der Waals surface area (Å²) in [5.41, 5.74) is -1.21. The molecule has 4 saturated carbocycles. The van der Waals surface area contributed by atoms with Gasteiger partial charge >= 0.3 is 5.97 Å². The molecular formula is C30H46O5. The van der Waals surface area contributed by atoms with E-state index >= 15 is 0 Å². The molecule has 35 heavy (non-hydrogen) atoms. The molecule has 0 aromatic rings. The normalized spacial score (nSPS) is 50.2. The van der Waals surface area contributed by atoms with Crippen LogP contribution < -0.4 is 0 Å². The van der Waals surface area contributed by atoms with Crippen LogP contribution >= 0.6 is 0 Å². The lowest BCUT2D eigenvalue weighted by Gasteiger charge is -2.60. The Hall–Kier alpha value is -1.20. The number of rotatable bonds is 5. The Morgan fingerprint density at radius 1 is 1.14 bits per heavy atom. The molecule has 5 rings (SSSR count). The number of hydrogen-bond acceptors (Lipinski definition) is 5. The third kappa shape index (κ3) is 3.61. The third-order valence-corrected chi connectivity index (χ3v) is 11.6. The highest BCUT2D eigenvalue weighted by molar-refractivity contribution is 5.89. The first-order chi connectivity index (χ1) is 16.3. The van der Waals surface area contributed by atoms with Crippen LogP contribution in [-0.2, 0) is 19.1 Å². The van der Waals surface area contributed by atoms with Crippen molar-refractivity contribution in [3.05, 3.63) is 12.2 Å². The van der Waals surface area contributed by atoms with E-state index in [1.807, 2.05) is 0 Å². The van der Waals surface area contributed by atoms with Crippen LogP contribution in [0.25, 0.3) is 0 Å². The van der Waals surface area contributed by atoms with Gasteiger partial charge in [0.1, 0.15) is 17.5 Å². The lowest BCUT2D eigenvalue weighted by molar-refractivity contribution is -0.194. The van der Waals surface area contributed by atoms with E-state index in [2.05, 4.69) is 53.7 Å². The molecule has 1 aliphatic heterocycles. The first-order valence-electron chi connectivity index (χ1n) is 14.1. The zero-order chi connectivity index (χ0) is 25.5. The molecule has 0 aromatic heterocycles. The van der Waals surface area contributed by atoms with Crippen molar-refractivity contribution in [3.8, 4) is 0 Å². The van der Waals surface area contributed by atoms with E-state index in [0.717, 1.165) is 12.8 Å². The zero-order valence-electron chi connectivity index (χ0n) is 22.8. The molecule has 0 aromatic carbocycles. The molecule has 5 heteroatoms. The molecule has 5 unspecified atom stereocenters. The van der Waals surface area contributed by atoms with E-state index < -0.39 is 17.1 Å². The second kappa shape index (κ2) is 8.41. The number of allylic oxidation sites excluding steroid dienone is 2. The summed E-state index contributed by atoms with van der Waals surface area (Å²) in [6.45, 7) is 15.2. The summed E-state index contributed by atoms with van der Waals surface area (Å²) in [6, 6.07) is 0. The van der Waals surface area contributed by atoms with Crippen molar-refractivity contribution in [3.63, 3.8) is 0 Å². The van der Waals surface area contributed by atoms with Gasteiger partial charge in [-0.1, -0.05) is 46.8 Å². The highest BCUT2D eigenvalue weighted by Crippen LogP contribution is 2.73. The van der Waals surface area contributed by atoms with Crippen molar-refractivity contribution in [2.45, 2.75) is 111 Å². The number of epoxide rings is 1. The Morgan fingerprint density at radius 2 is 1.86 bits per heavy atom. The highest BCUT2D eigenvalue weighted by Gasteiger charge is 2.80. The van der Waals surface area contributed by atoms with Gasteiger partial charge in [-0.25, -0.2) is 0 Å². The minimum atomic E-state index is -0.697. The highest BCUT2D eigenvalue weighted by atomic mass is 16.6. The third-order valence-electron chi connectivity index (χ3n) is 11.6. The number of ketones is 1. The molecule has 4 aliphatic carbocycles. The van der Waals surface area contributed by atoms with Gasteiger partial charge < -0.3 is 14.6 Å². The van der Waals surface area contributed by atoms with Gasteiger partial charge in [-0.2, -0.15) is 0 Å². The Morgan fingerprint density at radius 3 is 2.51 bits per heavy atom. The quantitative estimate of drug-likeness (QED) is 0.322. The van der Waals surface area contributed by atoms with Gasteiger partial charge in [0.05, 0.1) is 17.6 Å². The first-order valence-corrected chi connectivity index (χ1v) is 14.1. The second-order valence-electron chi connectivity index (χ2n) is 13.6. The van der Waals surface area contributed by atoms with Gasteiger partial charge in [-0.05, 0) is 73.5 Å². The van der Waals surface area contributed by atoms with Crippen LogP contribution in [0.4, 0.5) is 0 Å². The van der Waals surface area contributed by atoms with Crippen LogP contribution in [0.3, 0.4) is 0 Å². The standard InChI is InChI=1S/C30H46O5/c1-16(2)17(3)8-9-18(4)22-10-11-23-21-13-26-30(35-26)14-20(32)12-25(33)29(30,7)27(21)24(34-19(5)31)15-28(22,23)6/h8-9,16-18,20-24,26-27,32H,10-15H2,1-7H3/b9-8+/t17?,18?,20-,21-,22+,23?,24?,26+,27?,28+,29+,30+/m0/s1. The maximum Gasteiger partial charge on any atom is 0.302 e. The van der Waals surface area contributed by atoms with E-state index in [1.54, 1.807) is 0 Å². The largest absolute Gasteiger partial charge is 0.462 e. The molecule has 0 amide bonds. The minimum absolute atomic E-state index is 0.0335. The number of carbonyl (C=O) groups excluding carboxylic acids is 2. The van der Waals surface area contributed by atoms with Crippen LogP contribution in [0.15, 0.2) is 12.2 Å². The lowest BCUT2D eigenvalue weighted by atomic mass is 9.43. The molecule has 1 saturated heterocycles. The fourth-order valence-electron chi connectivity index (χ4n) is 9.50. The average molecular weight is 487 g/mol.